The number of nitrogens with zero attached hydrogens (tertiary/aromatic N) is 4. The minimum atomic E-state index is -0.533. The quantitative estimate of drug-likeness (QED) is 0.408. The Labute approximate surface area is 177 Å². The molecule has 9 nitrogen and oxygen atoms in total. The van der Waals surface area contributed by atoms with Crippen molar-refractivity contribution in [3.8, 4) is 33.6 Å². The molecule has 5 rings (SSSR count). The summed E-state index contributed by atoms with van der Waals surface area (Å²) in [4.78, 5) is 12.5. The molecule has 0 saturated carbocycles. The standard InChI is InChI=1S/C22H20N6O3/c1-12(11-30-2)31-22(29)21-20(25-28-26-21)14-4-6-18-16(8-14)9-15-7-13(3-5-17(15)18)19-10-23-27-24-19/h3-8,10,12H,9,11H2,1-2H3,(H,23,24,27)(H,25,26,28)/t12-/m0/s1. The summed E-state index contributed by atoms with van der Waals surface area (Å²) in [5.41, 5.74) is 8.03. The molecule has 0 bridgehead atoms. The molecule has 2 N–H and O–H groups in total. The van der Waals surface area contributed by atoms with Crippen LogP contribution in [0.4, 0.5) is 0 Å². The third-order valence-electron chi connectivity index (χ3n) is 5.32. The third-order valence-corrected chi connectivity index (χ3v) is 5.32. The minimum absolute atomic E-state index is 0.159. The van der Waals surface area contributed by atoms with Gasteiger partial charge in [-0.3, -0.25) is 0 Å². The maximum atomic E-state index is 12.5. The van der Waals surface area contributed by atoms with Crippen molar-refractivity contribution in [2.24, 2.45) is 0 Å². The molecule has 0 fully saturated rings. The number of carbonyl (C=O) groups is 1. The molecule has 0 radical (unpaired) electrons. The summed E-state index contributed by atoms with van der Waals surface area (Å²) in [7, 11) is 1.56. The van der Waals surface area contributed by atoms with Crippen molar-refractivity contribution >= 4 is 5.97 Å². The zero-order valence-electron chi connectivity index (χ0n) is 17.0. The van der Waals surface area contributed by atoms with Gasteiger partial charge in [-0.2, -0.15) is 25.7 Å². The highest BCUT2D eigenvalue weighted by molar-refractivity contribution is 5.94. The molecule has 1 atom stereocenters. The van der Waals surface area contributed by atoms with Crippen LogP contribution in [0.2, 0.25) is 0 Å². The van der Waals surface area contributed by atoms with Crippen LogP contribution in [0.1, 0.15) is 28.5 Å². The molecule has 31 heavy (non-hydrogen) atoms. The van der Waals surface area contributed by atoms with Gasteiger partial charge in [-0.15, -0.1) is 5.10 Å². The van der Waals surface area contributed by atoms with Crippen LogP contribution in [0.3, 0.4) is 0 Å². The zero-order valence-corrected chi connectivity index (χ0v) is 17.0. The molecule has 9 heteroatoms. The SMILES string of the molecule is COC[C@H](C)OC(=O)c1n[nH]nc1-c1ccc2c(c1)Cc1cc(-c3cn[nH]n3)ccc1-2. The molecule has 4 aromatic rings. The molecule has 1 aliphatic rings. The predicted octanol–water partition coefficient (Wildman–Crippen LogP) is 3.02. The van der Waals surface area contributed by atoms with Crippen LogP contribution in [-0.2, 0) is 15.9 Å². The van der Waals surface area contributed by atoms with Crippen LogP contribution in [0, 0.1) is 0 Å². The Hall–Kier alpha value is -3.85. The number of fused-ring (bicyclic) bond motifs is 3. The largest absolute Gasteiger partial charge is 0.455 e. The van der Waals surface area contributed by atoms with Gasteiger partial charge in [0.2, 0.25) is 0 Å². The predicted molar refractivity (Wildman–Crippen MR) is 112 cm³/mol. The maximum absolute atomic E-state index is 12.5. The Morgan fingerprint density at radius 1 is 1.03 bits per heavy atom. The van der Waals surface area contributed by atoms with E-state index in [0.717, 1.165) is 23.2 Å². The van der Waals surface area contributed by atoms with Crippen LogP contribution < -0.4 is 0 Å². The molecule has 0 unspecified atom stereocenters. The number of aromatic amines is 2. The lowest BCUT2D eigenvalue weighted by molar-refractivity contribution is 0.0115. The monoisotopic (exact) mass is 416 g/mol. The Bertz CT molecular complexity index is 1250. The van der Waals surface area contributed by atoms with Gasteiger partial charge in [0.25, 0.3) is 0 Å². The number of esters is 1. The molecular formula is C22H20N6O3. The van der Waals surface area contributed by atoms with Crippen molar-refractivity contribution in [1.29, 1.82) is 0 Å². The highest BCUT2D eigenvalue weighted by Crippen LogP contribution is 2.40. The molecule has 0 aliphatic heterocycles. The number of aromatic nitrogens is 6. The lowest BCUT2D eigenvalue weighted by Crippen LogP contribution is -2.20. The molecule has 2 heterocycles. The van der Waals surface area contributed by atoms with Crippen molar-refractivity contribution < 1.29 is 14.3 Å². The smallest absolute Gasteiger partial charge is 0.361 e. The van der Waals surface area contributed by atoms with Gasteiger partial charge in [0.15, 0.2) is 5.69 Å². The van der Waals surface area contributed by atoms with Gasteiger partial charge in [-0.05, 0) is 47.7 Å². The van der Waals surface area contributed by atoms with Gasteiger partial charge in [-0.25, -0.2) is 4.79 Å². The Balaban J connectivity index is 1.43. The van der Waals surface area contributed by atoms with Gasteiger partial charge in [0, 0.05) is 18.2 Å². The number of H-pyrrole nitrogens is 2. The van der Waals surface area contributed by atoms with Crippen molar-refractivity contribution in [3.63, 3.8) is 0 Å². The second-order valence-corrected chi connectivity index (χ2v) is 7.47. The third kappa shape index (κ3) is 3.49. The van der Waals surface area contributed by atoms with E-state index in [1.807, 2.05) is 12.1 Å². The number of benzene rings is 2. The van der Waals surface area contributed by atoms with Crippen LogP contribution in [0.25, 0.3) is 33.6 Å². The Morgan fingerprint density at radius 2 is 1.77 bits per heavy atom. The second-order valence-electron chi connectivity index (χ2n) is 7.47. The van der Waals surface area contributed by atoms with E-state index < -0.39 is 5.97 Å². The molecule has 1 aliphatic carbocycles. The highest BCUT2D eigenvalue weighted by atomic mass is 16.6. The van der Waals surface area contributed by atoms with E-state index in [4.69, 9.17) is 9.47 Å². The first kappa shape index (κ1) is 19.1. The lowest BCUT2D eigenvalue weighted by Gasteiger charge is -2.11. The number of carbonyl (C=O) groups excluding carboxylic acids is 1. The molecule has 0 saturated heterocycles. The van der Waals surface area contributed by atoms with Crippen LogP contribution >= 0.6 is 0 Å². The van der Waals surface area contributed by atoms with E-state index in [0.29, 0.717) is 12.3 Å². The van der Waals surface area contributed by atoms with Crippen LogP contribution in [0.15, 0.2) is 42.6 Å². The number of nitrogens with one attached hydrogen (secondary N) is 2. The van der Waals surface area contributed by atoms with E-state index in [9.17, 15) is 4.79 Å². The summed E-state index contributed by atoms with van der Waals surface area (Å²) < 4.78 is 10.4. The topological polar surface area (TPSA) is 119 Å². The molecular weight excluding hydrogens is 396 g/mol. The first-order valence-electron chi connectivity index (χ1n) is 9.87. The first-order chi connectivity index (χ1) is 15.1. The summed E-state index contributed by atoms with van der Waals surface area (Å²) in [6, 6.07) is 12.4. The van der Waals surface area contributed by atoms with Gasteiger partial charge < -0.3 is 9.47 Å². The van der Waals surface area contributed by atoms with E-state index in [1.165, 1.54) is 22.3 Å². The van der Waals surface area contributed by atoms with E-state index in [-0.39, 0.29) is 11.8 Å². The van der Waals surface area contributed by atoms with Crippen molar-refractivity contribution in [1.82, 2.24) is 30.8 Å². The van der Waals surface area contributed by atoms with Gasteiger partial charge >= 0.3 is 5.97 Å². The summed E-state index contributed by atoms with van der Waals surface area (Å²) in [6.07, 6.45) is 2.11. The van der Waals surface area contributed by atoms with Gasteiger partial charge in [0.1, 0.15) is 17.5 Å². The maximum Gasteiger partial charge on any atom is 0.361 e. The fourth-order valence-electron chi connectivity index (χ4n) is 3.94. The van der Waals surface area contributed by atoms with E-state index in [2.05, 4.69) is 55.1 Å². The summed E-state index contributed by atoms with van der Waals surface area (Å²) in [5, 5.41) is 21.4. The van der Waals surface area contributed by atoms with E-state index >= 15 is 0 Å². The molecule has 0 amide bonds. The molecule has 156 valence electrons. The Kier molecular flexibility index (Phi) is 4.79. The van der Waals surface area contributed by atoms with Crippen molar-refractivity contribution in [2.45, 2.75) is 19.4 Å². The van der Waals surface area contributed by atoms with Gasteiger partial charge in [-0.1, -0.05) is 24.3 Å². The van der Waals surface area contributed by atoms with Crippen LogP contribution in [0.5, 0.6) is 0 Å². The molecule has 2 aromatic heterocycles. The van der Waals surface area contributed by atoms with Crippen molar-refractivity contribution in [2.75, 3.05) is 13.7 Å². The summed E-state index contributed by atoms with van der Waals surface area (Å²) >= 11 is 0. The first-order valence-corrected chi connectivity index (χ1v) is 9.87. The number of methoxy groups -OCH3 is 1. The average molecular weight is 416 g/mol. The fourth-order valence-corrected chi connectivity index (χ4v) is 3.94. The fraction of sp³-hybridized carbons (Fsp3) is 0.227. The Morgan fingerprint density at radius 3 is 2.48 bits per heavy atom. The number of hydrogen-bond acceptors (Lipinski definition) is 7. The second kappa shape index (κ2) is 7.77. The lowest BCUT2D eigenvalue weighted by atomic mass is 10.0. The average Bonchev–Trinajstić information content (AvgIpc) is 3.52. The van der Waals surface area contributed by atoms with Crippen LogP contribution in [-0.4, -0.2) is 56.6 Å². The normalized spacial score (nSPS) is 13.0. The van der Waals surface area contributed by atoms with Crippen molar-refractivity contribution in [3.05, 3.63) is 59.4 Å². The highest BCUT2D eigenvalue weighted by Gasteiger charge is 2.24. The number of rotatable bonds is 6. The summed E-state index contributed by atoms with van der Waals surface area (Å²) in [6.45, 7) is 2.08. The van der Waals surface area contributed by atoms with Gasteiger partial charge in [0.05, 0.1) is 12.8 Å². The minimum Gasteiger partial charge on any atom is -0.455 e. The zero-order chi connectivity index (χ0) is 21.4. The molecule has 0 spiro atoms. The molecule has 2 aromatic carbocycles. The number of ether oxygens (including phenoxy) is 2. The summed E-state index contributed by atoms with van der Waals surface area (Å²) in [5.74, 6) is -0.533. The number of hydrogen-bond donors (Lipinski definition) is 2. The van der Waals surface area contributed by atoms with E-state index in [1.54, 1.807) is 20.2 Å².